The summed E-state index contributed by atoms with van der Waals surface area (Å²) in [4.78, 5) is 12.2. The number of hydrogen-bond acceptors (Lipinski definition) is 4. The van der Waals surface area contributed by atoms with Gasteiger partial charge >= 0.3 is 0 Å². The molecule has 2 aromatic carbocycles. The minimum absolute atomic E-state index is 0.0252. The molecule has 0 heterocycles. The van der Waals surface area contributed by atoms with Gasteiger partial charge in [-0.25, -0.2) is 0 Å². The molecule has 0 aromatic heterocycles. The Morgan fingerprint density at radius 2 is 1.80 bits per heavy atom. The lowest BCUT2D eigenvalue weighted by Gasteiger charge is -2.10. The number of nitrogens with two attached hydrogens (primary N) is 1. The highest BCUT2D eigenvalue weighted by Crippen LogP contribution is 2.33. The number of nitrogens with zero attached hydrogens (tertiary/aromatic N) is 1. The van der Waals surface area contributed by atoms with Crippen molar-refractivity contribution in [1.29, 1.82) is 0 Å². The van der Waals surface area contributed by atoms with Crippen LogP contribution >= 0.6 is 27.7 Å². The molecule has 2 N–H and O–H groups in total. The third kappa shape index (κ3) is 3.59. The summed E-state index contributed by atoms with van der Waals surface area (Å²) in [6.07, 6.45) is 0. The first-order valence-corrected chi connectivity index (χ1v) is 7.55. The summed E-state index contributed by atoms with van der Waals surface area (Å²) in [5, 5.41) is 10.6. The van der Waals surface area contributed by atoms with Gasteiger partial charge in [0.15, 0.2) is 0 Å². The van der Waals surface area contributed by atoms with Crippen LogP contribution in [0, 0.1) is 10.1 Å². The van der Waals surface area contributed by atoms with Crippen LogP contribution in [0.3, 0.4) is 0 Å². The van der Waals surface area contributed by atoms with Crippen LogP contribution in [0.5, 0.6) is 0 Å². The van der Waals surface area contributed by atoms with Crippen LogP contribution in [0.1, 0.15) is 18.5 Å². The summed E-state index contributed by atoms with van der Waals surface area (Å²) < 4.78 is 0.972. The average Bonchev–Trinajstić information content (AvgIpc) is 2.39. The Kier molecular flexibility index (Phi) is 4.80. The van der Waals surface area contributed by atoms with Gasteiger partial charge in [-0.15, -0.1) is 0 Å². The van der Waals surface area contributed by atoms with E-state index in [1.807, 2.05) is 25.1 Å². The average molecular weight is 353 g/mol. The molecule has 20 heavy (non-hydrogen) atoms. The summed E-state index contributed by atoms with van der Waals surface area (Å²) in [6, 6.07) is 12.5. The first kappa shape index (κ1) is 15.0. The molecule has 0 fully saturated rings. The fourth-order valence-corrected chi connectivity index (χ4v) is 3.46. The molecule has 0 aliphatic heterocycles. The molecule has 104 valence electrons. The smallest absolute Gasteiger partial charge is 0.269 e. The molecule has 0 bridgehead atoms. The minimum Gasteiger partial charge on any atom is -0.324 e. The van der Waals surface area contributed by atoms with Gasteiger partial charge < -0.3 is 5.73 Å². The maximum atomic E-state index is 10.6. The second-order valence-corrected chi connectivity index (χ2v) is 6.33. The molecule has 0 aliphatic rings. The normalized spacial score (nSPS) is 12.2. The van der Waals surface area contributed by atoms with E-state index in [1.54, 1.807) is 23.9 Å². The minimum atomic E-state index is -0.400. The fraction of sp³-hybridized carbons (Fsp3) is 0.143. The van der Waals surface area contributed by atoms with E-state index in [4.69, 9.17) is 5.73 Å². The molecule has 0 aliphatic carbocycles. The Hall–Kier alpha value is -1.37. The number of rotatable bonds is 4. The lowest BCUT2D eigenvalue weighted by molar-refractivity contribution is -0.384. The van der Waals surface area contributed by atoms with Gasteiger partial charge in [-0.1, -0.05) is 33.8 Å². The van der Waals surface area contributed by atoms with Crippen LogP contribution in [-0.2, 0) is 0 Å². The van der Waals surface area contributed by atoms with E-state index in [0.29, 0.717) is 0 Å². The molecule has 2 aromatic rings. The summed E-state index contributed by atoms with van der Waals surface area (Å²) in [5.41, 5.74) is 7.02. The van der Waals surface area contributed by atoms with Crippen molar-refractivity contribution in [3.05, 3.63) is 62.6 Å². The number of non-ortho nitro benzene ring substituents is 1. The number of nitro groups is 1. The van der Waals surface area contributed by atoms with Gasteiger partial charge in [0.05, 0.1) is 4.92 Å². The van der Waals surface area contributed by atoms with E-state index in [-0.39, 0.29) is 11.7 Å². The van der Waals surface area contributed by atoms with E-state index in [9.17, 15) is 10.1 Å². The zero-order chi connectivity index (χ0) is 14.7. The number of nitro benzene ring substituents is 1. The van der Waals surface area contributed by atoms with Gasteiger partial charge in [0.2, 0.25) is 0 Å². The van der Waals surface area contributed by atoms with Crippen molar-refractivity contribution in [1.82, 2.24) is 0 Å². The first-order chi connectivity index (χ1) is 9.47. The van der Waals surface area contributed by atoms with Crippen LogP contribution in [-0.4, -0.2) is 4.92 Å². The highest BCUT2D eigenvalue weighted by atomic mass is 79.9. The Bertz CT molecular complexity index is 630. The molecular formula is C14H13BrN2O2S. The van der Waals surface area contributed by atoms with Crippen LogP contribution < -0.4 is 5.73 Å². The Morgan fingerprint density at radius 1 is 1.20 bits per heavy atom. The molecule has 2 rings (SSSR count). The highest BCUT2D eigenvalue weighted by molar-refractivity contribution is 9.10. The van der Waals surface area contributed by atoms with Crippen LogP contribution in [0.15, 0.2) is 56.7 Å². The fourth-order valence-electron chi connectivity index (χ4n) is 1.71. The molecule has 0 saturated carbocycles. The predicted octanol–water partition coefficient (Wildman–Crippen LogP) is 4.53. The summed E-state index contributed by atoms with van der Waals surface area (Å²) in [6.45, 7) is 1.93. The largest absolute Gasteiger partial charge is 0.324 e. The van der Waals surface area contributed by atoms with E-state index in [0.717, 1.165) is 19.8 Å². The highest BCUT2D eigenvalue weighted by Gasteiger charge is 2.08. The van der Waals surface area contributed by atoms with Crippen molar-refractivity contribution in [2.24, 2.45) is 5.73 Å². The first-order valence-electron chi connectivity index (χ1n) is 5.94. The van der Waals surface area contributed by atoms with Gasteiger partial charge in [-0.2, -0.15) is 0 Å². The number of benzene rings is 2. The summed E-state index contributed by atoms with van der Waals surface area (Å²) in [5.74, 6) is 0. The lowest BCUT2D eigenvalue weighted by Crippen LogP contribution is -2.05. The molecule has 0 saturated heterocycles. The molecule has 0 amide bonds. The SMILES string of the molecule is C[C@H](N)c1ccc(Sc2ccc([N+](=O)[O-])cc2)cc1Br. The zero-order valence-corrected chi connectivity index (χ0v) is 13.1. The van der Waals surface area contributed by atoms with E-state index >= 15 is 0 Å². The van der Waals surface area contributed by atoms with Gasteiger partial charge in [0.25, 0.3) is 5.69 Å². The standard InChI is InChI=1S/C14H13BrN2O2S/c1-9(16)13-7-6-12(8-14(13)15)20-11-4-2-10(3-5-11)17(18)19/h2-9H,16H2,1H3/t9-/m0/s1. The molecular weight excluding hydrogens is 340 g/mol. The molecule has 1 atom stereocenters. The van der Waals surface area contributed by atoms with Gasteiger partial charge in [0, 0.05) is 32.4 Å². The van der Waals surface area contributed by atoms with Crippen LogP contribution in [0.4, 0.5) is 5.69 Å². The Balaban J connectivity index is 2.17. The zero-order valence-electron chi connectivity index (χ0n) is 10.7. The maximum absolute atomic E-state index is 10.6. The van der Waals surface area contributed by atoms with E-state index in [1.165, 1.54) is 12.1 Å². The Labute approximate surface area is 129 Å². The van der Waals surface area contributed by atoms with Gasteiger partial charge in [-0.05, 0) is 36.8 Å². The topological polar surface area (TPSA) is 69.2 Å². The predicted molar refractivity (Wildman–Crippen MR) is 84.0 cm³/mol. The monoisotopic (exact) mass is 352 g/mol. The van der Waals surface area contributed by atoms with Gasteiger partial charge in [0.1, 0.15) is 0 Å². The number of hydrogen-bond donors (Lipinski definition) is 1. The third-order valence-electron chi connectivity index (χ3n) is 2.75. The molecule has 0 spiro atoms. The van der Waals surface area contributed by atoms with Crippen LogP contribution in [0.2, 0.25) is 0 Å². The molecule has 4 nitrogen and oxygen atoms in total. The summed E-state index contributed by atoms with van der Waals surface area (Å²) in [7, 11) is 0. The Morgan fingerprint density at radius 3 is 2.30 bits per heavy atom. The van der Waals surface area contributed by atoms with Crippen molar-refractivity contribution in [3.63, 3.8) is 0 Å². The summed E-state index contributed by atoms with van der Waals surface area (Å²) >= 11 is 5.06. The van der Waals surface area contributed by atoms with E-state index < -0.39 is 4.92 Å². The molecule has 0 unspecified atom stereocenters. The second kappa shape index (κ2) is 6.39. The number of halogens is 1. The molecule has 0 radical (unpaired) electrons. The van der Waals surface area contributed by atoms with Crippen molar-refractivity contribution in [3.8, 4) is 0 Å². The van der Waals surface area contributed by atoms with Crippen molar-refractivity contribution in [2.45, 2.75) is 22.8 Å². The van der Waals surface area contributed by atoms with Crippen molar-refractivity contribution in [2.75, 3.05) is 0 Å². The lowest BCUT2D eigenvalue weighted by atomic mass is 10.1. The second-order valence-electron chi connectivity index (χ2n) is 4.33. The van der Waals surface area contributed by atoms with Crippen LogP contribution in [0.25, 0.3) is 0 Å². The van der Waals surface area contributed by atoms with E-state index in [2.05, 4.69) is 15.9 Å². The molecule has 6 heteroatoms. The maximum Gasteiger partial charge on any atom is 0.269 e. The van der Waals surface area contributed by atoms with Gasteiger partial charge in [-0.3, -0.25) is 10.1 Å². The quantitative estimate of drug-likeness (QED) is 0.648. The van der Waals surface area contributed by atoms with Crippen molar-refractivity contribution >= 4 is 33.4 Å². The van der Waals surface area contributed by atoms with Crippen molar-refractivity contribution < 1.29 is 4.92 Å². The third-order valence-corrected chi connectivity index (χ3v) is 4.43.